The summed E-state index contributed by atoms with van der Waals surface area (Å²) in [5.41, 5.74) is 6.47. The molecule has 6 heteroatoms. The molecular weight excluding hydrogens is 226 g/mol. The number of carbonyl (C=O) groups excluding carboxylic acids is 1. The lowest BCUT2D eigenvalue weighted by Gasteiger charge is -2.07. The third kappa shape index (κ3) is 2.29. The van der Waals surface area contributed by atoms with E-state index in [-0.39, 0.29) is 11.9 Å². The summed E-state index contributed by atoms with van der Waals surface area (Å²) in [6.07, 6.45) is 1.46. The van der Waals surface area contributed by atoms with E-state index in [9.17, 15) is 4.79 Å². The van der Waals surface area contributed by atoms with Gasteiger partial charge in [0.1, 0.15) is 12.3 Å². The van der Waals surface area contributed by atoms with Crippen LogP contribution in [0.3, 0.4) is 0 Å². The smallest absolute Gasteiger partial charge is 0.301 e. The molecule has 5 nitrogen and oxygen atoms in total. The highest BCUT2D eigenvalue weighted by Crippen LogP contribution is 2.18. The number of anilines is 1. The molecule has 2 rings (SSSR count). The van der Waals surface area contributed by atoms with Gasteiger partial charge < -0.3 is 10.2 Å². The first kappa shape index (κ1) is 10.8. The van der Waals surface area contributed by atoms with Gasteiger partial charge in [-0.2, -0.15) is 4.98 Å². The summed E-state index contributed by atoms with van der Waals surface area (Å²) in [7, 11) is 0. The van der Waals surface area contributed by atoms with Crippen molar-refractivity contribution in [2.75, 3.05) is 5.32 Å². The molecule has 0 aliphatic heterocycles. The zero-order chi connectivity index (χ0) is 11.5. The van der Waals surface area contributed by atoms with Gasteiger partial charge in [0.05, 0.1) is 5.69 Å². The van der Waals surface area contributed by atoms with E-state index in [1.54, 1.807) is 6.92 Å². The van der Waals surface area contributed by atoms with Crippen LogP contribution >= 0.6 is 11.3 Å². The predicted molar refractivity (Wildman–Crippen MR) is 61.1 cm³/mol. The Morgan fingerprint density at radius 2 is 2.50 bits per heavy atom. The van der Waals surface area contributed by atoms with Crippen LogP contribution in [0, 0.1) is 6.92 Å². The van der Waals surface area contributed by atoms with Crippen molar-refractivity contribution >= 4 is 23.3 Å². The van der Waals surface area contributed by atoms with Crippen molar-refractivity contribution in [2.24, 2.45) is 5.73 Å². The number of rotatable bonds is 3. The van der Waals surface area contributed by atoms with E-state index >= 15 is 0 Å². The molecule has 16 heavy (non-hydrogen) atoms. The average molecular weight is 237 g/mol. The Hall–Kier alpha value is -1.66. The minimum absolute atomic E-state index is 0.175. The molecule has 84 valence electrons. The molecule has 3 N–H and O–H groups in total. The highest BCUT2D eigenvalue weighted by atomic mass is 32.1. The lowest BCUT2D eigenvalue weighted by atomic mass is 10.2. The molecule has 0 aromatic carbocycles. The van der Waals surface area contributed by atoms with Crippen LogP contribution in [0.1, 0.15) is 16.6 Å². The lowest BCUT2D eigenvalue weighted by molar-refractivity contribution is -0.117. The Morgan fingerprint density at radius 3 is 3.06 bits per heavy atom. The van der Waals surface area contributed by atoms with Crippen LogP contribution in [0.25, 0.3) is 0 Å². The monoisotopic (exact) mass is 237 g/mol. The van der Waals surface area contributed by atoms with Gasteiger partial charge in [-0.05, 0) is 18.4 Å². The van der Waals surface area contributed by atoms with Crippen molar-refractivity contribution in [3.63, 3.8) is 0 Å². The zero-order valence-electron chi connectivity index (χ0n) is 8.64. The topological polar surface area (TPSA) is 81.2 Å². The van der Waals surface area contributed by atoms with Crippen molar-refractivity contribution in [3.05, 3.63) is 34.3 Å². The number of nitrogens with two attached hydrogens (primary N) is 1. The largest absolute Gasteiger partial charge is 0.432 e. The van der Waals surface area contributed by atoms with Crippen LogP contribution in [-0.2, 0) is 4.79 Å². The molecule has 0 radical (unpaired) electrons. The molecule has 0 saturated heterocycles. The van der Waals surface area contributed by atoms with Crippen LogP contribution in [0.15, 0.2) is 28.2 Å². The standard InChI is InChI=1S/C10H11N3O2S/c1-6-5-15-10(12-6)13-9(14)8(11)7-3-2-4-16-7/h2-5,8H,11H2,1H3,(H,12,13,14). The molecule has 0 saturated carbocycles. The summed E-state index contributed by atoms with van der Waals surface area (Å²) >= 11 is 1.44. The molecule has 1 atom stereocenters. The van der Waals surface area contributed by atoms with Gasteiger partial charge >= 0.3 is 6.01 Å². The Kier molecular flexibility index (Phi) is 3.02. The highest BCUT2D eigenvalue weighted by Gasteiger charge is 2.18. The molecule has 0 spiro atoms. The number of hydrogen-bond acceptors (Lipinski definition) is 5. The molecule has 1 amide bonds. The number of hydrogen-bond donors (Lipinski definition) is 2. The molecule has 1 unspecified atom stereocenters. The van der Waals surface area contributed by atoms with Crippen LogP contribution in [-0.4, -0.2) is 10.9 Å². The van der Waals surface area contributed by atoms with E-state index in [2.05, 4.69) is 10.3 Å². The van der Waals surface area contributed by atoms with Crippen molar-refractivity contribution in [3.8, 4) is 0 Å². The van der Waals surface area contributed by atoms with Crippen LogP contribution < -0.4 is 11.1 Å². The summed E-state index contributed by atoms with van der Waals surface area (Å²) in [6, 6.07) is 3.15. The first-order valence-electron chi connectivity index (χ1n) is 4.69. The Balaban J connectivity index is 2.03. The number of amides is 1. The number of thiophene rings is 1. The van der Waals surface area contributed by atoms with Crippen molar-refractivity contribution in [1.82, 2.24) is 4.98 Å². The highest BCUT2D eigenvalue weighted by molar-refractivity contribution is 7.10. The lowest BCUT2D eigenvalue weighted by Crippen LogP contribution is -2.27. The zero-order valence-corrected chi connectivity index (χ0v) is 9.45. The normalized spacial score (nSPS) is 12.4. The summed E-state index contributed by atoms with van der Waals surface area (Å²) in [5.74, 6) is -0.329. The molecule has 2 aromatic rings. The van der Waals surface area contributed by atoms with Crippen LogP contribution in [0.2, 0.25) is 0 Å². The fraction of sp³-hybridized carbons (Fsp3) is 0.200. The van der Waals surface area contributed by atoms with E-state index < -0.39 is 6.04 Å². The fourth-order valence-corrected chi connectivity index (χ4v) is 1.92. The van der Waals surface area contributed by atoms with E-state index in [0.29, 0.717) is 5.69 Å². The maximum Gasteiger partial charge on any atom is 0.301 e. The number of nitrogens with zero attached hydrogens (tertiary/aromatic N) is 1. The predicted octanol–water partition coefficient (Wildman–Crippen LogP) is 1.68. The quantitative estimate of drug-likeness (QED) is 0.851. The maximum atomic E-state index is 11.7. The number of carbonyl (C=O) groups is 1. The van der Waals surface area contributed by atoms with Gasteiger partial charge in [-0.25, -0.2) is 0 Å². The van der Waals surface area contributed by atoms with Gasteiger partial charge in [-0.15, -0.1) is 11.3 Å². The van der Waals surface area contributed by atoms with E-state index in [1.807, 2.05) is 17.5 Å². The second-order valence-corrected chi connectivity index (χ2v) is 4.26. The van der Waals surface area contributed by atoms with Gasteiger partial charge in [0.2, 0.25) is 5.91 Å². The first-order chi connectivity index (χ1) is 7.66. The number of aryl methyl sites for hydroxylation is 1. The van der Waals surface area contributed by atoms with Gasteiger partial charge in [-0.1, -0.05) is 6.07 Å². The second-order valence-electron chi connectivity index (χ2n) is 3.28. The maximum absolute atomic E-state index is 11.7. The summed E-state index contributed by atoms with van der Waals surface area (Å²) < 4.78 is 5.01. The summed E-state index contributed by atoms with van der Waals surface area (Å²) in [6.45, 7) is 1.78. The van der Waals surface area contributed by atoms with Crippen molar-refractivity contribution in [2.45, 2.75) is 13.0 Å². The minimum atomic E-state index is -0.688. The summed E-state index contributed by atoms with van der Waals surface area (Å²) in [5, 5.41) is 4.39. The average Bonchev–Trinajstić information content (AvgIpc) is 2.88. The van der Waals surface area contributed by atoms with Gasteiger partial charge in [-0.3, -0.25) is 10.1 Å². The van der Waals surface area contributed by atoms with Crippen LogP contribution in [0.4, 0.5) is 6.01 Å². The first-order valence-corrected chi connectivity index (χ1v) is 5.57. The van der Waals surface area contributed by atoms with Crippen molar-refractivity contribution in [1.29, 1.82) is 0 Å². The molecule has 0 aliphatic carbocycles. The van der Waals surface area contributed by atoms with Crippen molar-refractivity contribution < 1.29 is 9.21 Å². The van der Waals surface area contributed by atoms with Gasteiger partial charge in [0, 0.05) is 4.88 Å². The number of nitrogens with one attached hydrogen (secondary N) is 1. The van der Waals surface area contributed by atoms with E-state index in [1.165, 1.54) is 17.6 Å². The number of aromatic nitrogens is 1. The fourth-order valence-electron chi connectivity index (χ4n) is 1.19. The molecule has 0 bridgehead atoms. The molecule has 2 heterocycles. The Bertz CT molecular complexity index is 478. The van der Waals surface area contributed by atoms with Gasteiger partial charge in [0.25, 0.3) is 0 Å². The molecule has 0 fully saturated rings. The molecule has 2 aromatic heterocycles. The Morgan fingerprint density at radius 1 is 1.69 bits per heavy atom. The van der Waals surface area contributed by atoms with E-state index in [0.717, 1.165) is 4.88 Å². The third-order valence-electron chi connectivity index (χ3n) is 1.98. The van der Waals surface area contributed by atoms with Crippen LogP contribution in [0.5, 0.6) is 0 Å². The second kappa shape index (κ2) is 4.46. The Labute approximate surface area is 96.3 Å². The van der Waals surface area contributed by atoms with Gasteiger partial charge in [0.15, 0.2) is 0 Å². The SMILES string of the molecule is Cc1coc(NC(=O)C(N)c2cccs2)n1. The molecule has 0 aliphatic rings. The molecular formula is C10H11N3O2S. The minimum Gasteiger partial charge on any atom is -0.432 e. The summed E-state index contributed by atoms with van der Waals surface area (Å²) in [4.78, 5) is 16.5. The third-order valence-corrected chi connectivity index (χ3v) is 2.94. The number of oxazole rings is 1. The van der Waals surface area contributed by atoms with E-state index in [4.69, 9.17) is 10.2 Å².